The van der Waals surface area contributed by atoms with E-state index in [1.165, 1.54) is 0 Å². The van der Waals surface area contributed by atoms with Gasteiger partial charge in [-0.2, -0.15) is 0 Å². The quantitative estimate of drug-likeness (QED) is 0.664. The molecule has 1 aliphatic heterocycles. The zero-order valence-corrected chi connectivity index (χ0v) is 18.6. The highest BCUT2D eigenvalue weighted by Gasteiger charge is 2.48. The summed E-state index contributed by atoms with van der Waals surface area (Å²) in [6.07, 6.45) is 5.78. The number of ether oxygens (including phenoxy) is 1. The number of likely N-dealkylation sites (tertiary alicyclic amines) is 1. The number of amides is 1. The van der Waals surface area contributed by atoms with Crippen molar-refractivity contribution in [3.05, 3.63) is 29.6 Å². The Bertz CT molecular complexity index is 772. The van der Waals surface area contributed by atoms with Crippen LogP contribution >= 0.6 is 0 Å². The summed E-state index contributed by atoms with van der Waals surface area (Å²) < 4.78 is 22.6. The second-order valence-corrected chi connectivity index (χ2v) is 11.7. The van der Waals surface area contributed by atoms with Gasteiger partial charge in [0, 0.05) is 36.5 Å². The number of carbonyl (C=O) groups excluding carboxylic acids is 1. The molecule has 3 rings (SSSR count). The molecule has 0 aromatic carbocycles. The minimum atomic E-state index is -1.33. The maximum absolute atomic E-state index is 12.8. The van der Waals surface area contributed by atoms with E-state index in [0.717, 1.165) is 36.1 Å². The number of pyridine rings is 1. The summed E-state index contributed by atoms with van der Waals surface area (Å²) in [5.41, 5.74) is 2.43. The van der Waals surface area contributed by atoms with Crippen LogP contribution in [0.2, 0.25) is 0 Å². The fraction of sp³-hybridized carbons (Fsp3) is 0.667. The molecule has 0 bridgehead atoms. The van der Waals surface area contributed by atoms with Gasteiger partial charge >= 0.3 is 6.09 Å². The molecule has 154 valence electrons. The number of aromatic nitrogens is 1. The topological polar surface area (TPSA) is 77.8 Å². The van der Waals surface area contributed by atoms with Gasteiger partial charge in [0.2, 0.25) is 0 Å². The Morgan fingerprint density at radius 3 is 2.46 bits per heavy atom. The van der Waals surface area contributed by atoms with Crippen LogP contribution in [0.1, 0.15) is 65.5 Å². The lowest BCUT2D eigenvalue weighted by atomic mass is 9.74. The molecule has 6 nitrogen and oxygen atoms in total. The molecule has 7 heteroatoms. The van der Waals surface area contributed by atoms with Crippen LogP contribution in [0.3, 0.4) is 0 Å². The Kier molecular flexibility index (Phi) is 5.53. The molecule has 2 heterocycles. The van der Waals surface area contributed by atoms with E-state index in [0.29, 0.717) is 13.1 Å². The van der Waals surface area contributed by atoms with Crippen molar-refractivity contribution in [2.75, 3.05) is 13.1 Å². The number of hydrogen-bond acceptors (Lipinski definition) is 5. The van der Waals surface area contributed by atoms with Crippen LogP contribution in [-0.4, -0.2) is 49.7 Å². The monoisotopic (exact) mass is 405 g/mol. The van der Waals surface area contributed by atoms with Gasteiger partial charge in [-0.1, -0.05) is 4.40 Å². The van der Waals surface area contributed by atoms with Crippen molar-refractivity contribution in [3.63, 3.8) is 0 Å². The zero-order chi connectivity index (χ0) is 20.7. The van der Waals surface area contributed by atoms with Crippen LogP contribution in [0.25, 0.3) is 0 Å². The molecule has 1 amide bonds. The van der Waals surface area contributed by atoms with Gasteiger partial charge in [0.05, 0.1) is 0 Å². The van der Waals surface area contributed by atoms with Crippen molar-refractivity contribution < 1.29 is 14.1 Å². The van der Waals surface area contributed by atoms with Crippen molar-refractivity contribution in [1.29, 1.82) is 0 Å². The fourth-order valence-corrected chi connectivity index (χ4v) is 4.49. The molecule has 1 atom stereocenters. The maximum Gasteiger partial charge on any atom is 0.410 e. The van der Waals surface area contributed by atoms with E-state index >= 15 is 0 Å². The Morgan fingerprint density at radius 1 is 1.25 bits per heavy atom. The molecule has 1 aromatic rings. The summed E-state index contributed by atoms with van der Waals surface area (Å²) in [6.45, 7) is 12.7. The van der Waals surface area contributed by atoms with E-state index in [-0.39, 0.29) is 11.5 Å². The predicted octanol–water partition coefficient (Wildman–Crippen LogP) is 3.91. The van der Waals surface area contributed by atoms with Crippen molar-refractivity contribution in [2.45, 2.75) is 71.2 Å². The first-order chi connectivity index (χ1) is 12.9. The van der Waals surface area contributed by atoms with Crippen LogP contribution in [0, 0.1) is 5.41 Å². The van der Waals surface area contributed by atoms with E-state index in [1.54, 1.807) is 11.1 Å². The first-order valence-electron chi connectivity index (χ1n) is 9.84. The van der Waals surface area contributed by atoms with Crippen molar-refractivity contribution >= 4 is 23.2 Å². The minimum Gasteiger partial charge on any atom is -0.591 e. The lowest BCUT2D eigenvalue weighted by Gasteiger charge is -2.39. The highest BCUT2D eigenvalue weighted by atomic mass is 32.2. The average Bonchev–Trinajstić information content (AvgIpc) is 2.86. The number of hydrogen-bond donors (Lipinski definition) is 0. The Morgan fingerprint density at radius 2 is 1.89 bits per heavy atom. The largest absolute Gasteiger partial charge is 0.591 e. The number of carbonyl (C=O) groups is 1. The van der Waals surface area contributed by atoms with Gasteiger partial charge in [-0.05, 0) is 72.4 Å². The van der Waals surface area contributed by atoms with Crippen LogP contribution in [0.5, 0.6) is 0 Å². The highest BCUT2D eigenvalue weighted by Crippen LogP contribution is 2.45. The summed E-state index contributed by atoms with van der Waals surface area (Å²) in [6, 6.07) is 1.98. The Hall–Kier alpha value is -1.60. The number of fused-ring (bicyclic) bond motifs is 1. The van der Waals surface area contributed by atoms with E-state index in [9.17, 15) is 9.35 Å². The smallest absolute Gasteiger partial charge is 0.410 e. The molecule has 1 unspecified atom stereocenters. The van der Waals surface area contributed by atoms with Gasteiger partial charge < -0.3 is 14.2 Å². The Labute approximate surface area is 171 Å². The second kappa shape index (κ2) is 7.34. The molecule has 28 heavy (non-hydrogen) atoms. The third-order valence-corrected chi connectivity index (χ3v) is 6.66. The molecule has 1 aliphatic carbocycles. The van der Waals surface area contributed by atoms with Gasteiger partial charge in [-0.3, -0.25) is 4.98 Å². The van der Waals surface area contributed by atoms with Crippen molar-refractivity contribution in [1.82, 2.24) is 9.88 Å². The average molecular weight is 406 g/mol. The normalized spacial score (nSPS) is 21.7. The molecule has 1 fully saturated rings. The molecule has 0 radical (unpaired) electrons. The lowest BCUT2D eigenvalue weighted by Crippen LogP contribution is -2.47. The first kappa shape index (κ1) is 21.1. The summed E-state index contributed by atoms with van der Waals surface area (Å²) >= 11 is -1.33. The highest BCUT2D eigenvalue weighted by molar-refractivity contribution is 7.91. The van der Waals surface area contributed by atoms with E-state index in [1.807, 2.05) is 53.8 Å². The van der Waals surface area contributed by atoms with Crippen LogP contribution in [0.15, 0.2) is 22.9 Å². The number of nitrogens with zero attached hydrogens (tertiary/aromatic N) is 3. The first-order valence-corrected chi connectivity index (χ1v) is 10.9. The van der Waals surface area contributed by atoms with Gasteiger partial charge in [-0.25, -0.2) is 4.79 Å². The van der Waals surface area contributed by atoms with Crippen LogP contribution < -0.4 is 0 Å². The molecular formula is C21H31N3O3S. The molecule has 1 saturated heterocycles. The summed E-state index contributed by atoms with van der Waals surface area (Å²) in [4.78, 5) is 18.5. The van der Waals surface area contributed by atoms with Crippen molar-refractivity contribution in [2.24, 2.45) is 9.81 Å². The lowest BCUT2D eigenvalue weighted by molar-refractivity contribution is 0.0159. The van der Waals surface area contributed by atoms with E-state index < -0.39 is 21.7 Å². The molecule has 1 aromatic heterocycles. The number of piperidine rings is 1. The Balaban J connectivity index is 1.85. The molecule has 0 N–H and O–H groups in total. The fourth-order valence-electron chi connectivity index (χ4n) is 3.76. The maximum atomic E-state index is 12.8. The summed E-state index contributed by atoms with van der Waals surface area (Å²) in [5.74, 6) is 0. The van der Waals surface area contributed by atoms with Gasteiger partial charge in [-0.15, -0.1) is 0 Å². The van der Waals surface area contributed by atoms with Crippen molar-refractivity contribution in [3.8, 4) is 0 Å². The predicted molar refractivity (Wildman–Crippen MR) is 112 cm³/mol. The zero-order valence-electron chi connectivity index (χ0n) is 17.7. The van der Waals surface area contributed by atoms with Crippen LogP contribution in [-0.2, 0) is 22.5 Å². The second-order valence-electron chi connectivity index (χ2n) is 9.76. The number of rotatable bonds is 1. The van der Waals surface area contributed by atoms with Gasteiger partial charge in [0.1, 0.15) is 27.4 Å². The molecule has 0 saturated carbocycles. The molecule has 1 spiro atoms. The standard InChI is InChI=1S/C21H31N3O3S/c1-19(2,3)27-18(25)24-11-8-21(9-12-24)13-15-14-22-10-7-16(15)17(21)23-28(26)20(4,5)6/h7,10,14H,8-9,11-13H2,1-6H3/b23-17+. The summed E-state index contributed by atoms with van der Waals surface area (Å²) in [7, 11) is 0. The van der Waals surface area contributed by atoms with Gasteiger partial charge in [0.15, 0.2) is 0 Å². The summed E-state index contributed by atoms with van der Waals surface area (Å²) in [5, 5.41) is 0. The molecule has 2 aliphatic rings. The minimum absolute atomic E-state index is 0.190. The molecular weight excluding hydrogens is 374 g/mol. The van der Waals surface area contributed by atoms with E-state index in [2.05, 4.69) is 4.98 Å². The van der Waals surface area contributed by atoms with Crippen LogP contribution in [0.4, 0.5) is 4.79 Å². The SMILES string of the molecule is CC(C)(C)OC(=O)N1CCC2(CC1)Cc1cnccc1/C2=N\[S+]([O-])C(C)(C)C. The third-order valence-electron chi connectivity index (χ3n) is 5.26. The van der Waals surface area contributed by atoms with E-state index in [4.69, 9.17) is 9.13 Å². The third kappa shape index (κ3) is 4.35. The van der Waals surface area contributed by atoms with Gasteiger partial charge in [0.25, 0.3) is 0 Å².